The average Bonchev–Trinajstić information content (AvgIpc) is 2.32. The molecule has 17 heavy (non-hydrogen) atoms. The predicted octanol–water partition coefficient (Wildman–Crippen LogP) is 2.95. The molecule has 2 N–H and O–H groups in total. The maximum Gasteiger partial charge on any atom is 0.123 e. The summed E-state index contributed by atoms with van der Waals surface area (Å²) in [4.78, 5) is 2.30. The number of unbranched alkanes of at least 4 members (excludes halogenated alkanes) is 1. The zero-order chi connectivity index (χ0) is 12.7. The molecule has 1 aromatic rings. The van der Waals surface area contributed by atoms with Crippen molar-refractivity contribution >= 4 is 5.69 Å². The number of hydrogen-bond acceptors (Lipinski definition) is 2. The summed E-state index contributed by atoms with van der Waals surface area (Å²) in [5.41, 5.74) is 7.73. The van der Waals surface area contributed by atoms with E-state index in [4.69, 9.17) is 5.73 Å². The highest BCUT2D eigenvalue weighted by Gasteiger charge is 2.09. The van der Waals surface area contributed by atoms with E-state index in [1.165, 1.54) is 12.5 Å². The van der Waals surface area contributed by atoms with E-state index in [-0.39, 0.29) is 5.82 Å². The third kappa shape index (κ3) is 4.00. The Labute approximate surface area is 104 Å². The van der Waals surface area contributed by atoms with Gasteiger partial charge in [-0.2, -0.15) is 0 Å². The minimum atomic E-state index is -0.177. The average molecular weight is 238 g/mol. The highest BCUT2D eigenvalue weighted by molar-refractivity contribution is 5.54. The van der Waals surface area contributed by atoms with Crippen LogP contribution < -0.4 is 10.6 Å². The van der Waals surface area contributed by atoms with Crippen molar-refractivity contribution in [1.29, 1.82) is 0 Å². The summed E-state index contributed by atoms with van der Waals surface area (Å²) in [6, 6.07) is 5.01. The first-order valence-electron chi connectivity index (χ1n) is 6.46. The Hall–Kier alpha value is -1.09. The first-order valence-corrected chi connectivity index (χ1v) is 6.46. The van der Waals surface area contributed by atoms with Gasteiger partial charge in [0.2, 0.25) is 0 Å². The van der Waals surface area contributed by atoms with Gasteiger partial charge >= 0.3 is 0 Å². The van der Waals surface area contributed by atoms with Gasteiger partial charge in [-0.05, 0) is 50.1 Å². The van der Waals surface area contributed by atoms with Crippen LogP contribution in [-0.4, -0.2) is 19.6 Å². The summed E-state index contributed by atoms with van der Waals surface area (Å²) in [7, 11) is 0. The molecular weight excluding hydrogens is 215 g/mol. The fourth-order valence-electron chi connectivity index (χ4n) is 2.02. The third-order valence-electron chi connectivity index (χ3n) is 2.96. The summed E-state index contributed by atoms with van der Waals surface area (Å²) in [5, 5.41) is 0. The van der Waals surface area contributed by atoms with Crippen LogP contribution in [0.4, 0.5) is 10.1 Å². The summed E-state index contributed by atoms with van der Waals surface area (Å²) in [6.07, 6.45) is 3.06. The number of nitrogens with two attached hydrogens (primary N) is 1. The van der Waals surface area contributed by atoms with E-state index < -0.39 is 0 Å². The number of rotatable bonds is 7. The third-order valence-corrected chi connectivity index (χ3v) is 2.96. The van der Waals surface area contributed by atoms with Gasteiger partial charge in [-0.15, -0.1) is 0 Å². The zero-order valence-electron chi connectivity index (χ0n) is 10.9. The molecule has 0 radical (unpaired) electrons. The summed E-state index contributed by atoms with van der Waals surface area (Å²) < 4.78 is 13.2. The van der Waals surface area contributed by atoms with E-state index in [2.05, 4.69) is 18.7 Å². The molecule has 0 heterocycles. The Bertz CT molecular complexity index is 339. The van der Waals surface area contributed by atoms with Gasteiger partial charge in [0.05, 0.1) is 0 Å². The van der Waals surface area contributed by atoms with Gasteiger partial charge in [0.15, 0.2) is 0 Å². The van der Waals surface area contributed by atoms with E-state index in [0.717, 1.165) is 37.2 Å². The lowest BCUT2D eigenvalue weighted by Gasteiger charge is -2.25. The fraction of sp³-hybridized carbons (Fsp3) is 0.571. The standard InChI is InChI=1S/C14H23FN2/c1-3-5-10-17(4-2)14-7-6-13(15)11-12(14)8-9-16/h6-7,11H,3-5,8-10,16H2,1-2H3. The van der Waals surface area contributed by atoms with E-state index in [9.17, 15) is 4.39 Å². The number of hydrogen-bond donors (Lipinski definition) is 1. The van der Waals surface area contributed by atoms with Gasteiger partial charge in [-0.3, -0.25) is 0 Å². The highest BCUT2D eigenvalue weighted by Crippen LogP contribution is 2.22. The Kier molecular flexibility index (Phi) is 5.98. The van der Waals surface area contributed by atoms with Crippen molar-refractivity contribution in [2.45, 2.75) is 33.1 Å². The van der Waals surface area contributed by atoms with Gasteiger partial charge in [0, 0.05) is 18.8 Å². The number of halogens is 1. The van der Waals surface area contributed by atoms with E-state index in [0.29, 0.717) is 6.54 Å². The molecular formula is C14H23FN2. The summed E-state index contributed by atoms with van der Waals surface area (Å²) >= 11 is 0. The van der Waals surface area contributed by atoms with Gasteiger partial charge < -0.3 is 10.6 Å². The molecule has 0 aliphatic heterocycles. The van der Waals surface area contributed by atoms with Crippen molar-refractivity contribution in [2.24, 2.45) is 5.73 Å². The van der Waals surface area contributed by atoms with Gasteiger partial charge in [-0.1, -0.05) is 13.3 Å². The van der Waals surface area contributed by atoms with Crippen LogP contribution in [0.15, 0.2) is 18.2 Å². The van der Waals surface area contributed by atoms with Crippen molar-refractivity contribution in [3.63, 3.8) is 0 Å². The Balaban J connectivity index is 2.91. The minimum Gasteiger partial charge on any atom is -0.372 e. The predicted molar refractivity (Wildman–Crippen MR) is 72.0 cm³/mol. The topological polar surface area (TPSA) is 29.3 Å². The van der Waals surface area contributed by atoms with Gasteiger partial charge in [0.1, 0.15) is 5.82 Å². The van der Waals surface area contributed by atoms with Crippen LogP contribution in [0.5, 0.6) is 0 Å². The molecule has 1 aromatic carbocycles. The van der Waals surface area contributed by atoms with Crippen LogP contribution in [0, 0.1) is 5.82 Å². The number of anilines is 1. The Morgan fingerprint density at radius 2 is 2.06 bits per heavy atom. The largest absolute Gasteiger partial charge is 0.372 e. The summed E-state index contributed by atoms with van der Waals surface area (Å²) in [6.45, 7) is 6.84. The van der Waals surface area contributed by atoms with Crippen LogP contribution in [0.25, 0.3) is 0 Å². The minimum absolute atomic E-state index is 0.177. The summed E-state index contributed by atoms with van der Waals surface area (Å²) in [5.74, 6) is -0.177. The molecule has 0 amide bonds. The second kappa shape index (κ2) is 7.28. The maximum atomic E-state index is 13.2. The lowest BCUT2D eigenvalue weighted by molar-refractivity contribution is 0.624. The molecule has 0 spiro atoms. The molecule has 3 heteroatoms. The van der Waals surface area contributed by atoms with Crippen LogP contribution in [0.2, 0.25) is 0 Å². The number of benzene rings is 1. The molecule has 0 unspecified atom stereocenters. The van der Waals surface area contributed by atoms with Crippen LogP contribution in [-0.2, 0) is 6.42 Å². The molecule has 0 fully saturated rings. The van der Waals surface area contributed by atoms with Crippen LogP contribution >= 0.6 is 0 Å². The first kappa shape index (κ1) is 14.0. The van der Waals surface area contributed by atoms with E-state index in [1.807, 2.05) is 6.07 Å². The highest BCUT2D eigenvalue weighted by atomic mass is 19.1. The second-order valence-electron chi connectivity index (χ2n) is 4.24. The van der Waals surface area contributed by atoms with E-state index in [1.54, 1.807) is 6.07 Å². The number of nitrogens with zero attached hydrogens (tertiary/aromatic N) is 1. The Morgan fingerprint density at radius 1 is 1.29 bits per heavy atom. The second-order valence-corrected chi connectivity index (χ2v) is 4.24. The van der Waals surface area contributed by atoms with Gasteiger partial charge in [-0.25, -0.2) is 4.39 Å². The SMILES string of the molecule is CCCCN(CC)c1ccc(F)cc1CCN. The van der Waals surface area contributed by atoms with E-state index >= 15 is 0 Å². The monoisotopic (exact) mass is 238 g/mol. The smallest absolute Gasteiger partial charge is 0.123 e. The Morgan fingerprint density at radius 3 is 2.65 bits per heavy atom. The molecule has 96 valence electrons. The molecule has 1 rings (SSSR count). The van der Waals surface area contributed by atoms with Crippen molar-refractivity contribution in [3.05, 3.63) is 29.6 Å². The first-order chi connectivity index (χ1) is 8.22. The maximum absolute atomic E-state index is 13.2. The van der Waals surface area contributed by atoms with Crippen molar-refractivity contribution < 1.29 is 4.39 Å². The van der Waals surface area contributed by atoms with Crippen LogP contribution in [0.3, 0.4) is 0 Å². The molecule has 0 bridgehead atoms. The lowest BCUT2D eigenvalue weighted by atomic mass is 10.1. The van der Waals surface area contributed by atoms with Crippen LogP contribution in [0.1, 0.15) is 32.3 Å². The van der Waals surface area contributed by atoms with Crippen molar-refractivity contribution in [1.82, 2.24) is 0 Å². The quantitative estimate of drug-likeness (QED) is 0.791. The molecule has 0 saturated carbocycles. The normalized spacial score (nSPS) is 10.6. The van der Waals surface area contributed by atoms with Crippen molar-refractivity contribution in [3.8, 4) is 0 Å². The molecule has 0 aliphatic carbocycles. The molecule has 0 aliphatic rings. The molecule has 0 saturated heterocycles. The molecule has 0 aromatic heterocycles. The lowest BCUT2D eigenvalue weighted by Crippen LogP contribution is -2.25. The molecule has 0 atom stereocenters. The molecule has 2 nitrogen and oxygen atoms in total. The zero-order valence-corrected chi connectivity index (χ0v) is 10.9. The van der Waals surface area contributed by atoms with Crippen molar-refractivity contribution in [2.75, 3.05) is 24.5 Å². The van der Waals surface area contributed by atoms with Gasteiger partial charge in [0.25, 0.3) is 0 Å². The fourth-order valence-corrected chi connectivity index (χ4v) is 2.02.